The maximum atomic E-state index is 11.3. The zero-order chi connectivity index (χ0) is 19.1. The molecule has 3 aromatic rings. The molecule has 0 aliphatic carbocycles. The molecule has 0 radical (unpaired) electrons. The van der Waals surface area contributed by atoms with Crippen LogP contribution in [0.25, 0.3) is 10.9 Å². The van der Waals surface area contributed by atoms with Crippen LogP contribution in [0.3, 0.4) is 0 Å². The number of carbonyl (C=O) groups excluding carboxylic acids is 1. The van der Waals surface area contributed by atoms with E-state index >= 15 is 0 Å². The number of aromatic nitrogens is 1. The fourth-order valence-electron chi connectivity index (χ4n) is 2.67. The summed E-state index contributed by atoms with van der Waals surface area (Å²) in [5, 5.41) is 5.01. The van der Waals surface area contributed by atoms with Gasteiger partial charge in [-0.3, -0.25) is 0 Å². The van der Waals surface area contributed by atoms with E-state index in [-0.39, 0.29) is 0 Å². The summed E-state index contributed by atoms with van der Waals surface area (Å²) in [6.07, 6.45) is 3.04. The summed E-state index contributed by atoms with van der Waals surface area (Å²) in [5.74, 6) is 0.829. The molecule has 0 spiro atoms. The van der Waals surface area contributed by atoms with E-state index in [1.54, 1.807) is 13.1 Å². The van der Waals surface area contributed by atoms with Crippen LogP contribution in [0, 0.1) is 0 Å². The van der Waals surface area contributed by atoms with Crippen molar-refractivity contribution in [2.45, 2.75) is 13.5 Å². The number of rotatable bonds is 7. The van der Waals surface area contributed by atoms with Gasteiger partial charge in [-0.15, -0.1) is 0 Å². The number of hydrogen-bond donors (Lipinski definition) is 1. The summed E-state index contributed by atoms with van der Waals surface area (Å²) in [7, 11) is 0. The first-order valence-corrected chi connectivity index (χ1v) is 9.38. The molecule has 0 fully saturated rings. The molecule has 140 valence electrons. The van der Waals surface area contributed by atoms with Crippen LogP contribution in [0.15, 0.2) is 64.3 Å². The highest BCUT2D eigenvalue weighted by Gasteiger charge is 2.07. The van der Waals surface area contributed by atoms with Crippen molar-refractivity contribution in [3.8, 4) is 5.75 Å². The van der Waals surface area contributed by atoms with Gasteiger partial charge in [-0.25, -0.2) is 10.2 Å². The molecule has 7 heteroatoms. The highest BCUT2D eigenvalue weighted by Crippen LogP contribution is 2.20. The Morgan fingerprint density at radius 1 is 1.22 bits per heavy atom. The van der Waals surface area contributed by atoms with E-state index < -0.39 is 6.09 Å². The van der Waals surface area contributed by atoms with E-state index in [9.17, 15) is 4.79 Å². The average Bonchev–Trinajstić information content (AvgIpc) is 3.02. The second kappa shape index (κ2) is 9.23. The number of ether oxygens (including phenoxy) is 2. The molecule has 0 bridgehead atoms. The van der Waals surface area contributed by atoms with Gasteiger partial charge >= 0.3 is 6.09 Å². The van der Waals surface area contributed by atoms with Crippen LogP contribution in [-0.4, -0.2) is 30.1 Å². The van der Waals surface area contributed by atoms with Gasteiger partial charge in [0, 0.05) is 27.1 Å². The van der Waals surface area contributed by atoms with Crippen molar-refractivity contribution in [1.82, 2.24) is 9.99 Å². The van der Waals surface area contributed by atoms with E-state index in [1.807, 2.05) is 54.7 Å². The van der Waals surface area contributed by atoms with E-state index in [0.29, 0.717) is 19.8 Å². The second-order valence-corrected chi connectivity index (χ2v) is 6.60. The Hall–Kier alpha value is -2.80. The first-order valence-electron chi connectivity index (χ1n) is 8.59. The average molecular weight is 430 g/mol. The van der Waals surface area contributed by atoms with Gasteiger partial charge in [-0.05, 0) is 37.3 Å². The van der Waals surface area contributed by atoms with Crippen molar-refractivity contribution in [3.05, 3.63) is 64.8 Å². The molecule has 1 heterocycles. The molecule has 2 aromatic carbocycles. The van der Waals surface area contributed by atoms with Gasteiger partial charge < -0.3 is 14.0 Å². The number of nitrogens with one attached hydrogen (secondary N) is 1. The highest BCUT2D eigenvalue weighted by molar-refractivity contribution is 9.10. The molecule has 0 saturated carbocycles. The zero-order valence-electron chi connectivity index (χ0n) is 14.9. The molecule has 1 N–H and O–H groups in total. The zero-order valence-corrected chi connectivity index (χ0v) is 16.5. The van der Waals surface area contributed by atoms with Crippen LogP contribution >= 0.6 is 15.9 Å². The van der Waals surface area contributed by atoms with Crippen LogP contribution in [0.5, 0.6) is 5.75 Å². The molecular formula is C20H20BrN3O3. The topological polar surface area (TPSA) is 64.8 Å². The van der Waals surface area contributed by atoms with Gasteiger partial charge in [0.05, 0.1) is 19.4 Å². The Kier molecular flexibility index (Phi) is 6.49. The summed E-state index contributed by atoms with van der Waals surface area (Å²) in [4.78, 5) is 11.3. The molecule has 1 amide bonds. The number of amides is 1. The third-order valence-electron chi connectivity index (χ3n) is 3.87. The number of halogens is 1. The lowest BCUT2D eigenvalue weighted by atomic mass is 10.2. The Bertz CT molecular complexity index is 935. The monoisotopic (exact) mass is 429 g/mol. The normalized spacial score (nSPS) is 11.0. The summed E-state index contributed by atoms with van der Waals surface area (Å²) in [6.45, 7) is 3.28. The molecule has 0 atom stereocenters. The number of para-hydroxylation sites is 1. The van der Waals surface area contributed by atoms with Gasteiger partial charge in [-0.1, -0.05) is 34.1 Å². The second-order valence-electron chi connectivity index (χ2n) is 5.69. The Morgan fingerprint density at radius 2 is 2.00 bits per heavy atom. The van der Waals surface area contributed by atoms with Crippen LogP contribution < -0.4 is 10.2 Å². The number of benzene rings is 2. The van der Waals surface area contributed by atoms with Gasteiger partial charge in [0.25, 0.3) is 0 Å². The van der Waals surface area contributed by atoms with Gasteiger partial charge in [0.2, 0.25) is 0 Å². The van der Waals surface area contributed by atoms with Crippen LogP contribution in [0.4, 0.5) is 4.79 Å². The van der Waals surface area contributed by atoms with Gasteiger partial charge in [0.1, 0.15) is 12.4 Å². The largest absolute Gasteiger partial charge is 0.492 e. The number of nitrogens with zero attached hydrogens (tertiary/aromatic N) is 2. The summed E-state index contributed by atoms with van der Waals surface area (Å²) >= 11 is 3.41. The lowest BCUT2D eigenvalue weighted by Crippen LogP contribution is -2.18. The third kappa shape index (κ3) is 5.10. The predicted octanol–water partition coefficient (Wildman–Crippen LogP) is 4.56. The highest BCUT2D eigenvalue weighted by atomic mass is 79.9. The smallest absolute Gasteiger partial charge is 0.427 e. The van der Waals surface area contributed by atoms with Gasteiger partial charge in [0.15, 0.2) is 0 Å². The Balaban J connectivity index is 1.69. The standard InChI is InChI=1S/C20H20BrN3O3/c1-2-26-20(25)23-22-13-15-14-24(19-6-4-3-5-18(15)19)11-12-27-17-9-7-16(21)8-10-17/h3-10,13-14H,2,11-12H2,1H3,(H,23,25). The maximum absolute atomic E-state index is 11.3. The number of carbonyl (C=O) groups is 1. The van der Waals surface area contributed by atoms with Crippen molar-refractivity contribution >= 4 is 39.1 Å². The van der Waals surface area contributed by atoms with E-state index in [1.165, 1.54) is 0 Å². The summed E-state index contributed by atoms with van der Waals surface area (Å²) in [6, 6.07) is 15.8. The van der Waals surface area contributed by atoms with Crippen LogP contribution in [0.1, 0.15) is 12.5 Å². The molecule has 27 heavy (non-hydrogen) atoms. The molecular weight excluding hydrogens is 410 g/mol. The van der Waals surface area contributed by atoms with E-state index in [2.05, 4.69) is 31.0 Å². The van der Waals surface area contributed by atoms with Crippen molar-refractivity contribution in [3.63, 3.8) is 0 Å². The quantitative estimate of drug-likeness (QED) is 0.442. The fourth-order valence-corrected chi connectivity index (χ4v) is 2.94. The predicted molar refractivity (Wildman–Crippen MR) is 109 cm³/mol. The molecule has 0 saturated heterocycles. The lowest BCUT2D eigenvalue weighted by Gasteiger charge is -2.08. The fraction of sp³-hybridized carbons (Fsp3) is 0.200. The minimum Gasteiger partial charge on any atom is -0.492 e. The molecule has 0 aliphatic rings. The van der Waals surface area contributed by atoms with E-state index in [4.69, 9.17) is 9.47 Å². The van der Waals surface area contributed by atoms with E-state index in [0.717, 1.165) is 26.7 Å². The van der Waals surface area contributed by atoms with Gasteiger partial charge in [-0.2, -0.15) is 5.10 Å². The first kappa shape index (κ1) is 19.0. The maximum Gasteiger partial charge on any atom is 0.427 e. The van der Waals surface area contributed by atoms with Crippen molar-refractivity contribution in [2.24, 2.45) is 5.10 Å². The molecule has 0 unspecified atom stereocenters. The number of fused-ring (bicyclic) bond motifs is 1. The summed E-state index contributed by atoms with van der Waals surface area (Å²) < 4.78 is 13.7. The van der Waals surface area contributed by atoms with Crippen molar-refractivity contribution < 1.29 is 14.3 Å². The third-order valence-corrected chi connectivity index (χ3v) is 4.40. The molecule has 3 rings (SSSR count). The Labute approximate surface area is 165 Å². The lowest BCUT2D eigenvalue weighted by molar-refractivity contribution is 0.152. The molecule has 0 aliphatic heterocycles. The van der Waals surface area contributed by atoms with Crippen LogP contribution in [-0.2, 0) is 11.3 Å². The molecule has 6 nitrogen and oxygen atoms in total. The number of hydrogen-bond acceptors (Lipinski definition) is 4. The SMILES string of the molecule is CCOC(=O)NN=Cc1cn(CCOc2ccc(Br)cc2)c2ccccc12. The summed E-state index contributed by atoms with van der Waals surface area (Å²) in [5.41, 5.74) is 4.33. The van der Waals surface area contributed by atoms with Crippen molar-refractivity contribution in [1.29, 1.82) is 0 Å². The number of hydrazone groups is 1. The van der Waals surface area contributed by atoms with Crippen LogP contribution in [0.2, 0.25) is 0 Å². The minimum absolute atomic E-state index is 0.305. The minimum atomic E-state index is -0.569. The molecule has 1 aromatic heterocycles. The van der Waals surface area contributed by atoms with Crippen molar-refractivity contribution in [2.75, 3.05) is 13.2 Å². The first-order chi connectivity index (χ1) is 13.2. The Morgan fingerprint density at radius 3 is 2.78 bits per heavy atom.